The van der Waals surface area contributed by atoms with Gasteiger partial charge in [0.15, 0.2) is 0 Å². The lowest BCUT2D eigenvalue weighted by molar-refractivity contribution is -0.133. The van der Waals surface area contributed by atoms with E-state index in [-0.39, 0.29) is 30.5 Å². The topological polar surface area (TPSA) is 111 Å². The SMILES string of the molecule is CC#C[C@@H]1N[C@@H]1C(=O)N1CCN(c2nc(OC[C@@H]3CCCN3C)nc3c2CCN(c2cccc4cccc(Cl)c24)C3)C[C@@H]1CC#N. The number of carbonyl (C=O) groups is 1. The quantitative estimate of drug-likeness (QED) is 0.307. The van der Waals surface area contributed by atoms with E-state index in [0.717, 1.165) is 70.9 Å². The predicted octanol–water partition coefficient (Wildman–Crippen LogP) is 3.61. The number of hydrogen-bond donors (Lipinski definition) is 1. The fourth-order valence-electron chi connectivity index (χ4n) is 7.25. The second-order valence-electron chi connectivity index (χ2n) is 12.6. The van der Waals surface area contributed by atoms with Crippen LogP contribution in [-0.4, -0.2) is 96.2 Å². The molecule has 0 aliphatic carbocycles. The van der Waals surface area contributed by atoms with E-state index in [1.807, 2.05) is 17.0 Å². The van der Waals surface area contributed by atoms with E-state index >= 15 is 0 Å². The molecule has 0 bridgehead atoms. The highest BCUT2D eigenvalue weighted by Crippen LogP contribution is 2.37. The molecule has 4 aliphatic rings. The van der Waals surface area contributed by atoms with E-state index in [9.17, 15) is 10.1 Å². The Morgan fingerprint density at radius 3 is 2.74 bits per heavy atom. The number of nitrogens with one attached hydrogen (secondary N) is 1. The number of hydrogen-bond acceptors (Lipinski definition) is 9. The molecule has 3 fully saturated rings. The molecule has 3 saturated heterocycles. The highest BCUT2D eigenvalue weighted by Gasteiger charge is 2.46. The number of likely N-dealkylation sites (N-methyl/N-ethyl adjacent to an activating group) is 1. The highest BCUT2D eigenvalue weighted by molar-refractivity contribution is 6.36. The lowest BCUT2D eigenvalue weighted by Gasteiger charge is -2.42. The van der Waals surface area contributed by atoms with Crippen LogP contribution in [0.15, 0.2) is 36.4 Å². The molecule has 2 aromatic carbocycles. The van der Waals surface area contributed by atoms with E-state index in [1.165, 1.54) is 0 Å². The Morgan fingerprint density at radius 2 is 1.96 bits per heavy atom. The Kier molecular flexibility index (Phi) is 8.61. The first kappa shape index (κ1) is 30.6. The van der Waals surface area contributed by atoms with Gasteiger partial charge in [-0.2, -0.15) is 15.2 Å². The van der Waals surface area contributed by atoms with Gasteiger partial charge in [-0.05, 0) is 57.3 Å². The molecule has 0 spiro atoms. The first-order valence-electron chi connectivity index (χ1n) is 16.2. The number of amides is 1. The molecule has 7 rings (SSSR count). The Labute approximate surface area is 275 Å². The molecule has 0 radical (unpaired) electrons. The minimum atomic E-state index is -0.297. The number of halogens is 1. The number of anilines is 2. The van der Waals surface area contributed by atoms with Crippen LogP contribution >= 0.6 is 11.6 Å². The van der Waals surface area contributed by atoms with Crippen molar-refractivity contribution in [3.8, 4) is 23.9 Å². The number of piperazine rings is 1. The average Bonchev–Trinajstić information content (AvgIpc) is 3.72. The van der Waals surface area contributed by atoms with Gasteiger partial charge in [0.2, 0.25) is 5.91 Å². The molecule has 0 unspecified atom stereocenters. The van der Waals surface area contributed by atoms with E-state index in [4.69, 9.17) is 26.3 Å². The monoisotopic (exact) mass is 638 g/mol. The number of aromatic nitrogens is 2. The normalized spacial score (nSPS) is 24.3. The molecule has 238 valence electrons. The van der Waals surface area contributed by atoms with Crippen molar-refractivity contribution in [2.24, 2.45) is 0 Å². The van der Waals surface area contributed by atoms with Crippen molar-refractivity contribution in [3.63, 3.8) is 0 Å². The molecule has 0 saturated carbocycles. The zero-order valence-corrected chi connectivity index (χ0v) is 27.1. The molecular formula is C35H39ClN8O2. The van der Waals surface area contributed by atoms with Crippen LogP contribution in [0.1, 0.15) is 37.4 Å². The number of rotatable bonds is 7. The largest absolute Gasteiger partial charge is 0.462 e. The van der Waals surface area contributed by atoms with Crippen LogP contribution in [0.3, 0.4) is 0 Å². The molecule has 46 heavy (non-hydrogen) atoms. The first-order valence-corrected chi connectivity index (χ1v) is 16.6. The zero-order valence-electron chi connectivity index (χ0n) is 26.4. The van der Waals surface area contributed by atoms with Crippen molar-refractivity contribution in [1.82, 2.24) is 25.1 Å². The van der Waals surface area contributed by atoms with Gasteiger partial charge in [-0.1, -0.05) is 41.8 Å². The summed E-state index contributed by atoms with van der Waals surface area (Å²) in [5.41, 5.74) is 3.13. The number of carbonyl (C=O) groups excluding carboxylic acids is 1. The molecule has 1 amide bonds. The van der Waals surface area contributed by atoms with Gasteiger partial charge >= 0.3 is 6.01 Å². The number of benzene rings is 2. The van der Waals surface area contributed by atoms with E-state index in [1.54, 1.807) is 6.92 Å². The molecule has 4 aliphatic heterocycles. The summed E-state index contributed by atoms with van der Waals surface area (Å²) in [6, 6.07) is 14.7. The molecule has 1 aromatic heterocycles. The van der Waals surface area contributed by atoms with Crippen LogP contribution in [0.4, 0.5) is 11.5 Å². The van der Waals surface area contributed by atoms with Crippen LogP contribution < -0.4 is 19.9 Å². The van der Waals surface area contributed by atoms with Crippen LogP contribution in [0.25, 0.3) is 10.8 Å². The average molecular weight is 639 g/mol. The van der Waals surface area contributed by atoms with Gasteiger partial charge in [0.05, 0.1) is 41.8 Å². The summed E-state index contributed by atoms with van der Waals surface area (Å²) in [5, 5.41) is 15.8. The third-order valence-electron chi connectivity index (χ3n) is 9.81. The molecule has 4 atom stereocenters. The predicted molar refractivity (Wildman–Crippen MR) is 179 cm³/mol. The maximum absolute atomic E-state index is 13.4. The number of ether oxygens (including phenoxy) is 1. The van der Waals surface area contributed by atoms with Crippen LogP contribution in [0.2, 0.25) is 5.02 Å². The minimum Gasteiger partial charge on any atom is -0.462 e. The van der Waals surface area contributed by atoms with Crippen molar-refractivity contribution >= 4 is 39.8 Å². The fraction of sp³-hybridized carbons (Fsp3) is 0.486. The third kappa shape index (κ3) is 5.93. The number of likely N-dealkylation sites (tertiary alicyclic amines) is 1. The zero-order chi connectivity index (χ0) is 31.8. The smallest absolute Gasteiger partial charge is 0.318 e. The Bertz CT molecular complexity index is 1740. The van der Waals surface area contributed by atoms with E-state index in [0.29, 0.717) is 44.8 Å². The summed E-state index contributed by atoms with van der Waals surface area (Å²) in [6.07, 6.45) is 3.26. The summed E-state index contributed by atoms with van der Waals surface area (Å²) in [5.74, 6) is 6.81. The fourth-order valence-corrected chi connectivity index (χ4v) is 7.53. The highest BCUT2D eigenvalue weighted by atomic mass is 35.5. The molecule has 11 heteroatoms. The summed E-state index contributed by atoms with van der Waals surface area (Å²) in [7, 11) is 2.14. The van der Waals surface area contributed by atoms with Crippen LogP contribution in [0, 0.1) is 23.2 Å². The van der Waals surface area contributed by atoms with Crippen molar-refractivity contribution in [3.05, 3.63) is 52.7 Å². The summed E-state index contributed by atoms with van der Waals surface area (Å²) in [6.45, 7) is 6.41. The second kappa shape index (κ2) is 13.0. The van der Waals surface area contributed by atoms with Gasteiger partial charge in [-0.3, -0.25) is 10.1 Å². The Morgan fingerprint density at radius 1 is 1.11 bits per heavy atom. The van der Waals surface area contributed by atoms with Crippen molar-refractivity contribution in [1.29, 1.82) is 5.26 Å². The lowest BCUT2D eigenvalue weighted by Crippen LogP contribution is -2.57. The molecule has 3 aromatic rings. The van der Waals surface area contributed by atoms with Crippen molar-refractivity contribution in [2.45, 2.75) is 63.3 Å². The van der Waals surface area contributed by atoms with Gasteiger partial charge in [0, 0.05) is 48.9 Å². The van der Waals surface area contributed by atoms with Gasteiger partial charge in [0.1, 0.15) is 18.5 Å². The molecule has 10 nitrogen and oxygen atoms in total. The van der Waals surface area contributed by atoms with E-state index in [2.05, 4.69) is 69.2 Å². The van der Waals surface area contributed by atoms with E-state index < -0.39 is 0 Å². The van der Waals surface area contributed by atoms with Crippen molar-refractivity contribution in [2.75, 3.05) is 56.2 Å². The number of fused-ring (bicyclic) bond motifs is 2. The lowest BCUT2D eigenvalue weighted by atomic mass is 10.0. The molecule has 1 N–H and O–H groups in total. The molecule has 5 heterocycles. The summed E-state index contributed by atoms with van der Waals surface area (Å²) >= 11 is 6.72. The van der Waals surface area contributed by atoms with Crippen molar-refractivity contribution < 1.29 is 9.53 Å². The second-order valence-corrected chi connectivity index (χ2v) is 13.0. The van der Waals surface area contributed by atoms with Gasteiger partial charge in [-0.15, -0.1) is 5.92 Å². The summed E-state index contributed by atoms with van der Waals surface area (Å²) in [4.78, 5) is 32.2. The Hall–Kier alpha value is -4.09. The molecular weight excluding hydrogens is 600 g/mol. The van der Waals surface area contributed by atoms with Crippen LogP contribution in [0.5, 0.6) is 6.01 Å². The number of nitrogens with zero attached hydrogens (tertiary/aromatic N) is 7. The van der Waals surface area contributed by atoms with Gasteiger partial charge < -0.3 is 24.3 Å². The third-order valence-corrected chi connectivity index (χ3v) is 10.1. The number of nitriles is 1. The Balaban J connectivity index is 1.19. The maximum atomic E-state index is 13.4. The van der Waals surface area contributed by atoms with Gasteiger partial charge in [-0.25, -0.2) is 0 Å². The van der Waals surface area contributed by atoms with Gasteiger partial charge in [0.25, 0.3) is 0 Å². The first-order chi connectivity index (χ1) is 22.4. The standard InChI is InChI=1S/C35H39ClN8O2/c1-3-7-28-32(38-28)34(45)44-19-18-43(20-24(44)13-15-37)33-26-14-17-42(30-12-5-9-23-8-4-11-27(36)31(23)30)21-29(26)39-35(40-33)46-22-25-10-6-16-41(25)2/h4-5,8-9,11-12,24-25,28,32,38H,6,10,13-14,16-22H2,1-2H3/t24-,25-,28-,32-/m0/s1. The van der Waals surface area contributed by atoms with Crippen LogP contribution in [-0.2, 0) is 17.8 Å². The summed E-state index contributed by atoms with van der Waals surface area (Å²) < 4.78 is 6.33. The maximum Gasteiger partial charge on any atom is 0.318 e. The minimum absolute atomic E-state index is 0.0199.